The van der Waals surface area contributed by atoms with Gasteiger partial charge in [0.15, 0.2) is 5.76 Å². The number of hydrogen-bond acceptors (Lipinski definition) is 4. The van der Waals surface area contributed by atoms with Gasteiger partial charge in [-0.1, -0.05) is 18.2 Å². The van der Waals surface area contributed by atoms with Crippen molar-refractivity contribution in [1.29, 1.82) is 0 Å². The number of ether oxygens (including phenoxy) is 1. The lowest BCUT2D eigenvalue weighted by Crippen LogP contribution is -2.23. The Hall–Kier alpha value is -3.68. The van der Waals surface area contributed by atoms with E-state index in [1.54, 1.807) is 42.5 Å². The highest BCUT2D eigenvalue weighted by molar-refractivity contribution is 6.03. The molecular weight excluding hydrogens is 382 g/mol. The van der Waals surface area contributed by atoms with Crippen molar-refractivity contribution in [1.82, 2.24) is 5.32 Å². The van der Waals surface area contributed by atoms with Gasteiger partial charge in [-0.25, -0.2) is 0 Å². The molecule has 1 heterocycles. The molecular formula is C21H18F2N2O4. The zero-order valence-corrected chi connectivity index (χ0v) is 15.4. The summed E-state index contributed by atoms with van der Waals surface area (Å²) in [7, 11) is 0. The van der Waals surface area contributed by atoms with Crippen LogP contribution in [0.5, 0.6) is 5.75 Å². The van der Waals surface area contributed by atoms with Gasteiger partial charge in [0.2, 0.25) is 0 Å². The number of aryl methyl sites for hydroxylation is 1. The largest absolute Gasteiger partial charge is 0.459 e. The van der Waals surface area contributed by atoms with Crippen LogP contribution >= 0.6 is 0 Å². The Bertz CT molecular complexity index is 986. The fraction of sp³-hybridized carbons (Fsp3) is 0.143. The van der Waals surface area contributed by atoms with Crippen LogP contribution in [0.3, 0.4) is 0 Å². The van der Waals surface area contributed by atoms with Gasteiger partial charge in [0, 0.05) is 17.8 Å². The third kappa shape index (κ3) is 5.41. The molecule has 3 rings (SSSR count). The van der Waals surface area contributed by atoms with E-state index in [9.17, 15) is 18.4 Å². The third-order valence-corrected chi connectivity index (χ3v) is 4.09. The number of rotatable bonds is 7. The number of anilines is 1. The SMILES string of the molecule is Cc1ccc(C(=O)NCc2ccc(OC(F)F)cc2)cc1NC(=O)c1ccco1. The quantitative estimate of drug-likeness (QED) is 0.617. The van der Waals surface area contributed by atoms with Gasteiger partial charge in [-0.15, -0.1) is 0 Å². The number of halogens is 2. The second-order valence-corrected chi connectivity index (χ2v) is 6.17. The zero-order valence-electron chi connectivity index (χ0n) is 15.4. The lowest BCUT2D eigenvalue weighted by atomic mass is 10.1. The van der Waals surface area contributed by atoms with Crippen molar-refractivity contribution in [3.63, 3.8) is 0 Å². The van der Waals surface area contributed by atoms with E-state index in [1.165, 1.54) is 18.4 Å². The second kappa shape index (κ2) is 9.01. The van der Waals surface area contributed by atoms with Crippen LogP contribution in [0.15, 0.2) is 65.3 Å². The summed E-state index contributed by atoms with van der Waals surface area (Å²) in [6.45, 7) is -0.873. The normalized spacial score (nSPS) is 10.6. The fourth-order valence-electron chi connectivity index (χ4n) is 2.56. The van der Waals surface area contributed by atoms with Crippen molar-refractivity contribution in [2.75, 3.05) is 5.32 Å². The van der Waals surface area contributed by atoms with Crippen LogP contribution in [0, 0.1) is 6.92 Å². The Balaban J connectivity index is 1.62. The predicted molar refractivity (Wildman–Crippen MR) is 102 cm³/mol. The van der Waals surface area contributed by atoms with Crippen LogP contribution in [0.4, 0.5) is 14.5 Å². The average Bonchev–Trinajstić information content (AvgIpc) is 3.23. The van der Waals surface area contributed by atoms with E-state index in [4.69, 9.17) is 4.42 Å². The summed E-state index contributed by atoms with van der Waals surface area (Å²) in [4.78, 5) is 24.6. The lowest BCUT2D eigenvalue weighted by molar-refractivity contribution is -0.0498. The Morgan fingerprint density at radius 2 is 1.83 bits per heavy atom. The molecule has 150 valence electrons. The van der Waals surface area contributed by atoms with Crippen LogP contribution in [0.25, 0.3) is 0 Å². The summed E-state index contributed by atoms with van der Waals surface area (Å²) in [6, 6.07) is 14.1. The number of carbonyl (C=O) groups is 2. The van der Waals surface area contributed by atoms with Crippen LogP contribution in [-0.4, -0.2) is 18.4 Å². The maximum Gasteiger partial charge on any atom is 0.387 e. The van der Waals surface area contributed by atoms with Gasteiger partial charge >= 0.3 is 6.61 Å². The number of carbonyl (C=O) groups excluding carboxylic acids is 2. The first kappa shape index (κ1) is 20.1. The topological polar surface area (TPSA) is 80.6 Å². The number of benzene rings is 2. The molecule has 0 unspecified atom stereocenters. The molecule has 0 atom stereocenters. The van der Waals surface area contributed by atoms with Crippen molar-refractivity contribution in [2.45, 2.75) is 20.1 Å². The number of hydrogen-bond donors (Lipinski definition) is 2. The molecule has 29 heavy (non-hydrogen) atoms. The maximum atomic E-state index is 12.4. The van der Waals surface area contributed by atoms with Gasteiger partial charge in [-0.2, -0.15) is 8.78 Å². The number of furan rings is 1. The van der Waals surface area contributed by atoms with Crippen molar-refractivity contribution in [2.24, 2.45) is 0 Å². The average molecular weight is 400 g/mol. The molecule has 0 saturated carbocycles. The Morgan fingerprint density at radius 3 is 2.48 bits per heavy atom. The van der Waals surface area contributed by atoms with Crippen molar-refractivity contribution < 1.29 is 27.5 Å². The third-order valence-electron chi connectivity index (χ3n) is 4.09. The molecule has 0 aliphatic heterocycles. The smallest absolute Gasteiger partial charge is 0.387 e. The molecule has 0 spiro atoms. The molecule has 6 nitrogen and oxygen atoms in total. The number of nitrogens with one attached hydrogen (secondary N) is 2. The highest BCUT2D eigenvalue weighted by Gasteiger charge is 2.13. The first-order chi connectivity index (χ1) is 13.9. The summed E-state index contributed by atoms with van der Waals surface area (Å²) in [6.07, 6.45) is 1.40. The minimum atomic E-state index is -2.88. The van der Waals surface area contributed by atoms with Crippen LogP contribution in [0.2, 0.25) is 0 Å². The van der Waals surface area contributed by atoms with Gasteiger partial charge in [0.25, 0.3) is 11.8 Å². The molecule has 0 radical (unpaired) electrons. The van der Waals surface area contributed by atoms with E-state index in [0.29, 0.717) is 11.3 Å². The first-order valence-electron chi connectivity index (χ1n) is 8.70. The molecule has 2 aromatic carbocycles. The lowest BCUT2D eigenvalue weighted by Gasteiger charge is -2.11. The van der Waals surface area contributed by atoms with Crippen LogP contribution < -0.4 is 15.4 Å². The molecule has 8 heteroatoms. The van der Waals surface area contributed by atoms with E-state index in [2.05, 4.69) is 15.4 Å². The van der Waals surface area contributed by atoms with E-state index >= 15 is 0 Å². The monoisotopic (exact) mass is 400 g/mol. The summed E-state index contributed by atoms with van der Waals surface area (Å²) in [5.74, 6) is -0.544. The minimum Gasteiger partial charge on any atom is -0.459 e. The Labute approximate surface area is 165 Å². The van der Waals surface area contributed by atoms with Gasteiger partial charge in [0.05, 0.1) is 6.26 Å². The highest BCUT2D eigenvalue weighted by atomic mass is 19.3. The summed E-state index contributed by atoms with van der Waals surface area (Å²) < 4.78 is 33.7. The first-order valence-corrected chi connectivity index (χ1v) is 8.70. The Morgan fingerprint density at radius 1 is 1.07 bits per heavy atom. The number of amides is 2. The molecule has 2 N–H and O–H groups in total. The molecule has 2 amide bonds. The standard InChI is InChI=1S/C21H18F2N2O4/c1-13-4-7-15(11-17(13)25-20(27)18-3-2-10-28-18)19(26)24-12-14-5-8-16(9-6-14)29-21(22)23/h2-11,21H,12H2,1H3,(H,24,26)(H,25,27). The van der Waals surface area contributed by atoms with Gasteiger partial charge in [0.1, 0.15) is 5.75 Å². The van der Waals surface area contributed by atoms with Crippen molar-refractivity contribution in [3.8, 4) is 5.75 Å². The Kier molecular flexibility index (Phi) is 6.23. The zero-order chi connectivity index (χ0) is 20.8. The van der Waals surface area contributed by atoms with E-state index in [0.717, 1.165) is 11.1 Å². The molecule has 1 aromatic heterocycles. The molecule has 0 bridgehead atoms. The predicted octanol–water partition coefficient (Wildman–Crippen LogP) is 4.37. The van der Waals surface area contributed by atoms with Crippen LogP contribution in [-0.2, 0) is 6.54 Å². The molecule has 0 fully saturated rings. The van der Waals surface area contributed by atoms with Crippen molar-refractivity contribution in [3.05, 3.63) is 83.3 Å². The molecule has 0 aliphatic carbocycles. The second-order valence-electron chi connectivity index (χ2n) is 6.17. The summed E-state index contributed by atoms with van der Waals surface area (Å²) >= 11 is 0. The summed E-state index contributed by atoms with van der Waals surface area (Å²) in [5, 5.41) is 5.46. The van der Waals surface area contributed by atoms with Gasteiger partial charge in [-0.05, 0) is 54.4 Å². The van der Waals surface area contributed by atoms with E-state index in [1.807, 2.05) is 6.92 Å². The van der Waals surface area contributed by atoms with Crippen LogP contribution in [0.1, 0.15) is 32.0 Å². The van der Waals surface area contributed by atoms with Gasteiger partial charge < -0.3 is 19.8 Å². The van der Waals surface area contributed by atoms with Crippen molar-refractivity contribution >= 4 is 17.5 Å². The summed E-state index contributed by atoms with van der Waals surface area (Å²) in [5.41, 5.74) is 2.37. The highest BCUT2D eigenvalue weighted by Crippen LogP contribution is 2.19. The molecule has 3 aromatic rings. The molecule has 0 saturated heterocycles. The van der Waals surface area contributed by atoms with E-state index < -0.39 is 12.5 Å². The minimum absolute atomic E-state index is 0.0468. The molecule has 0 aliphatic rings. The maximum absolute atomic E-state index is 12.4. The fourth-order valence-corrected chi connectivity index (χ4v) is 2.56. The van der Waals surface area contributed by atoms with E-state index in [-0.39, 0.29) is 24.0 Å². The van der Waals surface area contributed by atoms with Gasteiger partial charge in [-0.3, -0.25) is 9.59 Å². The number of alkyl halides is 2.